The first-order chi connectivity index (χ1) is 12.6. The molecule has 0 aromatic heterocycles. The van der Waals surface area contributed by atoms with Crippen molar-refractivity contribution in [2.24, 2.45) is 5.10 Å². The lowest BCUT2D eigenvalue weighted by Gasteiger charge is -2.10. The van der Waals surface area contributed by atoms with Gasteiger partial charge in [-0.2, -0.15) is 5.10 Å². The minimum absolute atomic E-state index is 0.271. The van der Waals surface area contributed by atoms with E-state index in [0.717, 1.165) is 17.4 Å². The predicted molar refractivity (Wildman–Crippen MR) is 95.7 cm³/mol. The monoisotopic (exact) mass is 352 g/mol. The van der Waals surface area contributed by atoms with Gasteiger partial charge in [-0.3, -0.25) is 4.79 Å². The average molecular weight is 352 g/mol. The number of nitrogens with zero attached hydrogens (tertiary/aromatic N) is 2. The summed E-state index contributed by atoms with van der Waals surface area (Å²) in [5, 5.41) is 5.58. The van der Waals surface area contributed by atoms with Crippen LogP contribution in [0.5, 0.6) is 0 Å². The van der Waals surface area contributed by atoms with Crippen molar-refractivity contribution in [3.63, 3.8) is 0 Å². The minimum atomic E-state index is -0.715. The minimum Gasteiger partial charge on any atom is -0.452 e. The van der Waals surface area contributed by atoms with Gasteiger partial charge in [0.05, 0.1) is 12.3 Å². The molecule has 132 valence electrons. The van der Waals surface area contributed by atoms with Crippen LogP contribution in [-0.2, 0) is 14.3 Å². The molecule has 0 unspecified atom stereocenters. The third kappa shape index (κ3) is 4.42. The van der Waals surface area contributed by atoms with Crippen LogP contribution in [0.4, 0.5) is 4.39 Å². The molecular weight excluding hydrogens is 335 g/mol. The number of hydrazone groups is 1. The number of hydrogen-bond donors (Lipinski definition) is 0. The maximum Gasteiger partial charge on any atom is 0.331 e. The van der Waals surface area contributed by atoms with Crippen LogP contribution < -0.4 is 0 Å². The quantitative estimate of drug-likeness (QED) is 0.614. The molecule has 0 N–H and O–H groups in total. The lowest BCUT2D eigenvalue weighted by atomic mass is 10.1. The number of amides is 1. The van der Waals surface area contributed by atoms with Crippen LogP contribution in [0.15, 0.2) is 65.8 Å². The highest BCUT2D eigenvalue weighted by Gasteiger charge is 2.22. The van der Waals surface area contributed by atoms with E-state index >= 15 is 0 Å². The van der Waals surface area contributed by atoms with Crippen LogP contribution in [0.2, 0.25) is 0 Å². The van der Waals surface area contributed by atoms with Crippen molar-refractivity contribution < 1.29 is 18.7 Å². The number of rotatable bonds is 5. The molecule has 5 nitrogen and oxygen atoms in total. The van der Waals surface area contributed by atoms with E-state index in [1.807, 2.05) is 30.3 Å². The normalized spacial score (nSPS) is 13.7. The Kier molecular flexibility index (Phi) is 5.53. The summed E-state index contributed by atoms with van der Waals surface area (Å²) in [5.41, 5.74) is 2.06. The second-order valence-corrected chi connectivity index (χ2v) is 5.64. The van der Waals surface area contributed by atoms with Gasteiger partial charge in [0.15, 0.2) is 6.61 Å². The topological polar surface area (TPSA) is 59.0 Å². The van der Waals surface area contributed by atoms with E-state index in [0.29, 0.717) is 13.0 Å². The molecular formula is C20H17FN2O3. The maximum absolute atomic E-state index is 13.5. The highest BCUT2D eigenvalue weighted by Crippen LogP contribution is 2.14. The molecule has 26 heavy (non-hydrogen) atoms. The molecule has 0 bridgehead atoms. The first kappa shape index (κ1) is 17.5. The molecule has 3 rings (SSSR count). The van der Waals surface area contributed by atoms with Crippen molar-refractivity contribution >= 4 is 23.7 Å². The van der Waals surface area contributed by atoms with E-state index in [-0.39, 0.29) is 5.56 Å². The van der Waals surface area contributed by atoms with Gasteiger partial charge in [-0.15, -0.1) is 0 Å². The Hall–Kier alpha value is -3.28. The van der Waals surface area contributed by atoms with Crippen molar-refractivity contribution in [3.05, 3.63) is 77.6 Å². The number of halogens is 1. The van der Waals surface area contributed by atoms with Gasteiger partial charge in [-0.25, -0.2) is 14.2 Å². The Bertz CT molecular complexity index is 862. The largest absolute Gasteiger partial charge is 0.452 e. The molecule has 0 fully saturated rings. The van der Waals surface area contributed by atoms with E-state index < -0.39 is 24.3 Å². The first-order valence-corrected chi connectivity index (χ1v) is 8.16. The van der Waals surface area contributed by atoms with Gasteiger partial charge in [0.1, 0.15) is 5.82 Å². The number of carbonyl (C=O) groups excluding carboxylic acids is 2. The van der Waals surface area contributed by atoms with E-state index in [2.05, 4.69) is 5.10 Å². The molecule has 1 amide bonds. The lowest BCUT2D eigenvalue weighted by molar-refractivity contribution is -0.147. The summed E-state index contributed by atoms with van der Waals surface area (Å²) < 4.78 is 18.4. The van der Waals surface area contributed by atoms with Gasteiger partial charge >= 0.3 is 5.97 Å². The standard InChI is InChI=1S/C20H17FN2O3/c21-17-9-5-4-6-15(17)10-11-20(25)26-14-19(24)23-13-12-18(22-23)16-7-2-1-3-8-16/h1-11H,12-14H2/b11-10+. The fraction of sp³-hybridized carbons (Fsp3) is 0.150. The smallest absolute Gasteiger partial charge is 0.331 e. The zero-order valence-corrected chi connectivity index (χ0v) is 14.0. The van der Waals surface area contributed by atoms with Crippen LogP contribution in [-0.4, -0.2) is 35.7 Å². The van der Waals surface area contributed by atoms with Crippen LogP contribution >= 0.6 is 0 Å². The van der Waals surface area contributed by atoms with Gasteiger partial charge in [0.25, 0.3) is 5.91 Å². The van der Waals surface area contributed by atoms with E-state index in [9.17, 15) is 14.0 Å². The Morgan fingerprint density at radius 3 is 2.62 bits per heavy atom. The Morgan fingerprint density at radius 2 is 1.85 bits per heavy atom. The Balaban J connectivity index is 1.52. The first-order valence-electron chi connectivity index (χ1n) is 8.16. The number of hydrogen-bond acceptors (Lipinski definition) is 4. The van der Waals surface area contributed by atoms with Crippen molar-refractivity contribution in [1.82, 2.24) is 5.01 Å². The van der Waals surface area contributed by atoms with E-state index in [4.69, 9.17) is 4.74 Å². The third-order valence-corrected chi connectivity index (χ3v) is 3.84. The van der Waals surface area contributed by atoms with Crippen LogP contribution in [0, 0.1) is 5.82 Å². The molecule has 0 radical (unpaired) electrons. The second-order valence-electron chi connectivity index (χ2n) is 5.64. The number of benzene rings is 2. The lowest BCUT2D eigenvalue weighted by Crippen LogP contribution is -2.28. The zero-order valence-electron chi connectivity index (χ0n) is 14.0. The van der Waals surface area contributed by atoms with Gasteiger partial charge in [-0.05, 0) is 17.7 Å². The Labute approximate surface area is 150 Å². The summed E-state index contributed by atoms with van der Waals surface area (Å²) in [6.07, 6.45) is 3.05. The predicted octanol–water partition coefficient (Wildman–Crippen LogP) is 3.02. The molecule has 1 aliphatic rings. The van der Waals surface area contributed by atoms with Crippen LogP contribution in [0.1, 0.15) is 17.5 Å². The highest BCUT2D eigenvalue weighted by atomic mass is 19.1. The highest BCUT2D eigenvalue weighted by molar-refractivity contribution is 6.02. The summed E-state index contributed by atoms with van der Waals surface area (Å²) in [5.74, 6) is -1.55. The van der Waals surface area contributed by atoms with Gasteiger partial charge in [0.2, 0.25) is 0 Å². The molecule has 0 aliphatic carbocycles. The van der Waals surface area contributed by atoms with Crippen LogP contribution in [0.25, 0.3) is 6.08 Å². The van der Waals surface area contributed by atoms with E-state index in [1.165, 1.54) is 23.2 Å². The van der Waals surface area contributed by atoms with Crippen LogP contribution in [0.3, 0.4) is 0 Å². The average Bonchev–Trinajstić information content (AvgIpc) is 3.16. The third-order valence-electron chi connectivity index (χ3n) is 3.84. The zero-order chi connectivity index (χ0) is 18.4. The fourth-order valence-electron chi connectivity index (χ4n) is 2.49. The second kappa shape index (κ2) is 8.20. The molecule has 0 saturated heterocycles. The fourth-order valence-corrected chi connectivity index (χ4v) is 2.49. The summed E-state index contributed by atoms with van der Waals surface area (Å²) in [4.78, 5) is 23.8. The van der Waals surface area contributed by atoms with Crippen molar-refractivity contribution in [2.45, 2.75) is 6.42 Å². The van der Waals surface area contributed by atoms with Crippen molar-refractivity contribution in [3.8, 4) is 0 Å². The number of ether oxygens (including phenoxy) is 1. The maximum atomic E-state index is 13.5. The molecule has 6 heteroatoms. The van der Waals surface area contributed by atoms with E-state index in [1.54, 1.807) is 12.1 Å². The Morgan fingerprint density at radius 1 is 1.12 bits per heavy atom. The van der Waals surface area contributed by atoms with Crippen molar-refractivity contribution in [2.75, 3.05) is 13.2 Å². The molecule has 0 spiro atoms. The van der Waals surface area contributed by atoms with Gasteiger partial charge in [-0.1, -0.05) is 48.5 Å². The SMILES string of the molecule is O=C(/C=C/c1ccccc1F)OCC(=O)N1CCC(c2ccccc2)=N1. The summed E-state index contributed by atoms with van der Waals surface area (Å²) in [6.45, 7) is 0.0394. The number of carbonyl (C=O) groups is 2. The molecule has 1 aliphatic heterocycles. The summed E-state index contributed by atoms with van der Waals surface area (Å²) in [7, 11) is 0. The molecule has 2 aromatic rings. The molecule has 0 saturated carbocycles. The molecule has 1 heterocycles. The molecule has 0 atom stereocenters. The summed E-state index contributed by atoms with van der Waals surface area (Å²) in [6, 6.07) is 15.6. The summed E-state index contributed by atoms with van der Waals surface area (Å²) >= 11 is 0. The van der Waals surface area contributed by atoms with Gasteiger partial charge in [0, 0.05) is 18.1 Å². The van der Waals surface area contributed by atoms with Gasteiger partial charge < -0.3 is 4.74 Å². The molecule has 2 aromatic carbocycles. The van der Waals surface area contributed by atoms with Crippen molar-refractivity contribution in [1.29, 1.82) is 0 Å². The number of esters is 1.